The quantitative estimate of drug-likeness (QED) is 0.492. The second-order valence-electron chi connectivity index (χ2n) is 6.36. The normalized spacial score (nSPS) is 30.4. The first-order chi connectivity index (χ1) is 6.86. The summed E-state index contributed by atoms with van der Waals surface area (Å²) in [5.41, 5.74) is 1.18. The Kier molecular flexibility index (Phi) is 5.92. The summed E-state index contributed by atoms with van der Waals surface area (Å²) < 4.78 is 0. The van der Waals surface area contributed by atoms with Gasteiger partial charge in [0.2, 0.25) is 0 Å². The monoisotopic (exact) mass is 212 g/mol. The van der Waals surface area contributed by atoms with E-state index in [1.807, 2.05) is 13.8 Å². The number of rotatable bonds is 1. The van der Waals surface area contributed by atoms with Crippen LogP contribution in [0.15, 0.2) is 0 Å². The van der Waals surface area contributed by atoms with Crippen molar-refractivity contribution in [2.75, 3.05) is 0 Å². The zero-order valence-corrected chi connectivity index (χ0v) is 12.1. The summed E-state index contributed by atoms with van der Waals surface area (Å²) in [6.45, 7) is 16.2. The summed E-state index contributed by atoms with van der Waals surface area (Å²) in [6, 6.07) is 0. The lowest BCUT2D eigenvalue weighted by Gasteiger charge is -2.38. The van der Waals surface area contributed by atoms with Gasteiger partial charge < -0.3 is 0 Å². The molecule has 1 rings (SSSR count). The molecular weight excluding hydrogens is 180 g/mol. The van der Waals surface area contributed by atoms with Crippen molar-refractivity contribution in [3.63, 3.8) is 0 Å². The Morgan fingerprint density at radius 1 is 0.867 bits per heavy atom. The van der Waals surface area contributed by atoms with Gasteiger partial charge in [0.05, 0.1) is 0 Å². The number of hydrogen-bond donors (Lipinski definition) is 0. The highest BCUT2D eigenvalue weighted by Gasteiger charge is 2.36. The molecule has 0 nitrogen and oxygen atoms in total. The molecule has 1 aliphatic rings. The molecule has 1 fully saturated rings. The molecule has 0 radical (unpaired) electrons. The van der Waals surface area contributed by atoms with E-state index in [9.17, 15) is 0 Å². The Bertz CT molecular complexity index is 167. The van der Waals surface area contributed by atoms with Crippen LogP contribution in [0.1, 0.15) is 80.6 Å². The fourth-order valence-electron chi connectivity index (χ4n) is 2.90. The van der Waals surface area contributed by atoms with Crippen molar-refractivity contribution >= 4 is 0 Å². The lowest BCUT2D eigenvalue weighted by atomic mass is 9.67. The average Bonchev–Trinajstić information content (AvgIpc) is 2.28. The Hall–Kier alpha value is 0. The van der Waals surface area contributed by atoms with Crippen LogP contribution in [-0.2, 0) is 0 Å². The summed E-state index contributed by atoms with van der Waals surface area (Å²) in [6.07, 6.45) is 7.16. The molecule has 0 aromatic carbocycles. The first-order valence-corrected chi connectivity index (χ1v) is 6.86. The van der Waals surface area contributed by atoms with E-state index in [0.29, 0.717) is 10.8 Å². The zero-order valence-electron chi connectivity index (χ0n) is 12.1. The Morgan fingerprint density at radius 3 is 1.80 bits per heavy atom. The third kappa shape index (κ3) is 4.57. The van der Waals surface area contributed by atoms with E-state index in [2.05, 4.69) is 34.6 Å². The van der Waals surface area contributed by atoms with Gasteiger partial charge in [-0.25, -0.2) is 0 Å². The van der Waals surface area contributed by atoms with Gasteiger partial charge in [-0.05, 0) is 36.0 Å². The van der Waals surface area contributed by atoms with E-state index in [0.717, 1.165) is 5.92 Å². The van der Waals surface area contributed by atoms with Crippen molar-refractivity contribution in [3.8, 4) is 0 Å². The minimum absolute atomic E-state index is 0.579. The van der Waals surface area contributed by atoms with Crippen LogP contribution in [0, 0.1) is 16.7 Å². The van der Waals surface area contributed by atoms with Crippen molar-refractivity contribution in [2.24, 2.45) is 16.7 Å². The minimum Gasteiger partial charge on any atom is -0.0683 e. The SMILES string of the molecule is CC.CC(C)[C@@]1(C)CCCCC(C)(C)C1. The van der Waals surface area contributed by atoms with Crippen LogP contribution >= 0.6 is 0 Å². The van der Waals surface area contributed by atoms with Gasteiger partial charge >= 0.3 is 0 Å². The Labute approximate surface area is 97.8 Å². The van der Waals surface area contributed by atoms with Crippen molar-refractivity contribution in [1.29, 1.82) is 0 Å². The van der Waals surface area contributed by atoms with E-state index in [4.69, 9.17) is 0 Å². The fraction of sp³-hybridized carbons (Fsp3) is 1.00. The molecular formula is C15H32. The zero-order chi connectivity index (χ0) is 12.1. The maximum Gasteiger partial charge on any atom is -0.0298 e. The van der Waals surface area contributed by atoms with Crippen LogP contribution in [0.4, 0.5) is 0 Å². The number of hydrogen-bond acceptors (Lipinski definition) is 0. The van der Waals surface area contributed by atoms with Gasteiger partial charge in [-0.1, -0.05) is 61.3 Å². The molecule has 0 saturated heterocycles. The molecule has 92 valence electrons. The molecule has 0 spiro atoms. The molecule has 1 aliphatic carbocycles. The molecule has 0 aromatic heterocycles. The topological polar surface area (TPSA) is 0 Å². The van der Waals surface area contributed by atoms with Crippen LogP contribution in [0.25, 0.3) is 0 Å². The molecule has 0 unspecified atom stereocenters. The largest absolute Gasteiger partial charge is 0.0683 e. The lowest BCUT2D eigenvalue weighted by molar-refractivity contribution is 0.123. The lowest BCUT2D eigenvalue weighted by Crippen LogP contribution is -2.28. The van der Waals surface area contributed by atoms with Crippen molar-refractivity contribution < 1.29 is 0 Å². The molecule has 0 aromatic rings. The van der Waals surface area contributed by atoms with Gasteiger partial charge in [0.1, 0.15) is 0 Å². The molecule has 0 heterocycles. The molecule has 0 N–H and O–H groups in total. The summed E-state index contributed by atoms with van der Waals surface area (Å²) >= 11 is 0. The second-order valence-corrected chi connectivity index (χ2v) is 6.36. The van der Waals surface area contributed by atoms with E-state index in [1.54, 1.807) is 0 Å². The molecule has 0 heteroatoms. The maximum atomic E-state index is 2.49. The maximum absolute atomic E-state index is 2.49. The van der Waals surface area contributed by atoms with E-state index >= 15 is 0 Å². The van der Waals surface area contributed by atoms with E-state index in [-0.39, 0.29) is 0 Å². The predicted molar refractivity (Wildman–Crippen MR) is 71.2 cm³/mol. The molecule has 1 atom stereocenters. The van der Waals surface area contributed by atoms with Gasteiger partial charge in [-0.3, -0.25) is 0 Å². The minimum atomic E-state index is 0.579. The highest BCUT2D eigenvalue weighted by Crippen LogP contribution is 2.47. The van der Waals surface area contributed by atoms with E-state index < -0.39 is 0 Å². The van der Waals surface area contributed by atoms with Crippen LogP contribution in [0.2, 0.25) is 0 Å². The highest BCUT2D eigenvalue weighted by molar-refractivity contribution is 4.87. The van der Waals surface area contributed by atoms with Gasteiger partial charge in [0, 0.05) is 0 Å². The molecule has 1 saturated carbocycles. The van der Waals surface area contributed by atoms with Crippen molar-refractivity contribution in [3.05, 3.63) is 0 Å². The van der Waals surface area contributed by atoms with E-state index in [1.165, 1.54) is 32.1 Å². The Balaban J connectivity index is 0.000000921. The third-order valence-electron chi connectivity index (χ3n) is 4.13. The molecule has 0 amide bonds. The fourth-order valence-corrected chi connectivity index (χ4v) is 2.90. The van der Waals surface area contributed by atoms with Crippen LogP contribution < -0.4 is 0 Å². The standard InChI is InChI=1S/C13H26.C2H6/c1-11(2)13(5)9-7-6-8-12(3,4)10-13;1-2/h11H,6-10H2,1-5H3;1-2H3/t13-;/m0./s1. The molecule has 0 bridgehead atoms. The Morgan fingerprint density at radius 2 is 1.33 bits per heavy atom. The first kappa shape index (κ1) is 15.0. The summed E-state index contributed by atoms with van der Waals surface area (Å²) in [7, 11) is 0. The average molecular weight is 212 g/mol. The smallest absolute Gasteiger partial charge is 0.0298 e. The van der Waals surface area contributed by atoms with Crippen LogP contribution in [0.3, 0.4) is 0 Å². The second kappa shape index (κ2) is 5.92. The summed E-state index contributed by atoms with van der Waals surface area (Å²) in [5.74, 6) is 0.838. The molecule has 0 aliphatic heterocycles. The van der Waals surface area contributed by atoms with Gasteiger partial charge in [-0.15, -0.1) is 0 Å². The van der Waals surface area contributed by atoms with Gasteiger partial charge in [0.25, 0.3) is 0 Å². The van der Waals surface area contributed by atoms with Gasteiger partial charge in [0.15, 0.2) is 0 Å². The highest BCUT2D eigenvalue weighted by atomic mass is 14.4. The van der Waals surface area contributed by atoms with Crippen molar-refractivity contribution in [1.82, 2.24) is 0 Å². The predicted octanol–water partition coefficient (Wildman–Crippen LogP) is 5.67. The third-order valence-corrected chi connectivity index (χ3v) is 4.13. The summed E-state index contributed by atoms with van der Waals surface area (Å²) in [4.78, 5) is 0. The van der Waals surface area contributed by atoms with Crippen LogP contribution in [-0.4, -0.2) is 0 Å². The molecule has 15 heavy (non-hydrogen) atoms. The van der Waals surface area contributed by atoms with Crippen LogP contribution in [0.5, 0.6) is 0 Å². The van der Waals surface area contributed by atoms with Gasteiger partial charge in [-0.2, -0.15) is 0 Å². The van der Waals surface area contributed by atoms with Crippen molar-refractivity contribution in [2.45, 2.75) is 80.6 Å². The first-order valence-electron chi connectivity index (χ1n) is 6.86. The summed E-state index contributed by atoms with van der Waals surface area (Å²) in [5, 5.41) is 0.